The highest BCUT2D eigenvalue weighted by Crippen LogP contribution is 2.22. The van der Waals surface area contributed by atoms with E-state index in [4.69, 9.17) is 0 Å². The van der Waals surface area contributed by atoms with Crippen LogP contribution in [-0.2, 0) is 17.9 Å². The zero-order chi connectivity index (χ0) is 20.8. The SMILES string of the molecule is CC1CCCCN1Cc1ccccc1CNC(=O)C(c1ccccc1)n1cccn1. The smallest absolute Gasteiger partial charge is 0.249 e. The van der Waals surface area contributed by atoms with E-state index in [1.807, 2.05) is 48.7 Å². The van der Waals surface area contributed by atoms with E-state index >= 15 is 0 Å². The molecule has 4 rings (SSSR count). The van der Waals surface area contributed by atoms with E-state index in [9.17, 15) is 4.79 Å². The molecule has 0 saturated carbocycles. The Bertz CT molecular complexity index is 939. The van der Waals surface area contributed by atoms with E-state index in [0.29, 0.717) is 12.6 Å². The fourth-order valence-corrected chi connectivity index (χ4v) is 4.27. The van der Waals surface area contributed by atoms with Crippen LogP contribution in [0.3, 0.4) is 0 Å². The van der Waals surface area contributed by atoms with Crippen LogP contribution in [0.1, 0.15) is 48.9 Å². The Morgan fingerprint density at radius 3 is 2.57 bits per heavy atom. The fourth-order valence-electron chi connectivity index (χ4n) is 4.27. The molecule has 5 heteroatoms. The first-order valence-corrected chi connectivity index (χ1v) is 10.8. The van der Waals surface area contributed by atoms with Crippen LogP contribution in [0, 0.1) is 0 Å². The number of carbonyl (C=O) groups excluding carboxylic acids is 1. The van der Waals surface area contributed by atoms with Gasteiger partial charge in [-0.25, -0.2) is 0 Å². The normalized spacial score (nSPS) is 18.1. The van der Waals surface area contributed by atoms with E-state index < -0.39 is 6.04 Å². The molecule has 30 heavy (non-hydrogen) atoms. The fraction of sp³-hybridized carbons (Fsp3) is 0.360. The molecule has 1 aromatic heterocycles. The van der Waals surface area contributed by atoms with Crippen molar-refractivity contribution in [2.75, 3.05) is 6.54 Å². The minimum absolute atomic E-state index is 0.0500. The first kappa shape index (κ1) is 20.4. The number of benzene rings is 2. The third kappa shape index (κ3) is 4.79. The van der Waals surface area contributed by atoms with Gasteiger partial charge in [-0.05, 0) is 49.1 Å². The second kappa shape index (κ2) is 9.72. The maximum atomic E-state index is 13.2. The molecular formula is C25H30N4O. The minimum atomic E-state index is -0.476. The number of rotatable bonds is 7. The Labute approximate surface area is 178 Å². The summed E-state index contributed by atoms with van der Waals surface area (Å²) in [6.45, 7) is 4.92. The first-order valence-electron chi connectivity index (χ1n) is 10.8. The molecule has 1 aliphatic heterocycles. The molecule has 2 heterocycles. The summed E-state index contributed by atoms with van der Waals surface area (Å²) in [4.78, 5) is 15.7. The van der Waals surface area contributed by atoms with Crippen molar-refractivity contribution < 1.29 is 4.79 Å². The summed E-state index contributed by atoms with van der Waals surface area (Å²) in [6.07, 6.45) is 7.40. The molecule has 0 spiro atoms. The number of carbonyl (C=O) groups is 1. The minimum Gasteiger partial charge on any atom is -0.350 e. The summed E-state index contributed by atoms with van der Waals surface area (Å²) in [5.74, 6) is -0.0500. The number of hydrogen-bond donors (Lipinski definition) is 1. The molecule has 2 unspecified atom stereocenters. The van der Waals surface area contributed by atoms with Gasteiger partial charge in [0, 0.05) is 31.5 Å². The molecule has 0 bridgehead atoms. The molecular weight excluding hydrogens is 372 g/mol. The first-order chi connectivity index (χ1) is 14.7. The molecule has 3 aromatic rings. The monoisotopic (exact) mass is 402 g/mol. The van der Waals surface area contributed by atoms with Crippen LogP contribution < -0.4 is 5.32 Å². The Balaban J connectivity index is 1.48. The van der Waals surface area contributed by atoms with E-state index in [2.05, 4.69) is 40.4 Å². The van der Waals surface area contributed by atoms with Gasteiger partial charge in [0.2, 0.25) is 5.91 Å². The molecule has 1 aliphatic rings. The molecule has 0 aliphatic carbocycles. The van der Waals surface area contributed by atoms with Gasteiger partial charge in [-0.15, -0.1) is 0 Å². The predicted octanol–water partition coefficient (Wildman–Crippen LogP) is 4.16. The maximum absolute atomic E-state index is 13.2. The average Bonchev–Trinajstić information content (AvgIpc) is 3.30. The number of amides is 1. The summed E-state index contributed by atoms with van der Waals surface area (Å²) < 4.78 is 1.71. The van der Waals surface area contributed by atoms with Crippen LogP contribution in [0.2, 0.25) is 0 Å². The van der Waals surface area contributed by atoms with Gasteiger partial charge in [0.15, 0.2) is 6.04 Å². The molecule has 1 fully saturated rings. The summed E-state index contributed by atoms with van der Waals surface area (Å²) in [7, 11) is 0. The van der Waals surface area contributed by atoms with Crippen LogP contribution >= 0.6 is 0 Å². The largest absolute Gasteiger partial charge is 0.350 e. The second-order valence-corrected chi connectivity index (χ2v) is 8.10. The molecule has 0 radical (unpaired) electrons. The van der Waals surface area contributed by atoms with Gasteiger partial charge in [-0.2, -0.15) is 5.10 Å². The molecule has 5 nitrogen and oxygen atoms in total. The van der Waals surface area contributed by atoms with Gasteiger partial charge in [0.25, 0.3) is 0 Å². The molecule has 156 valence electrons. The summed E-state index contributed by atoms with van der Waals surface area (Å²) in [6, 6.07) is 20.2. The van der Waals surface area contributed by atoms with Crippen molar-refractivity contribution in [3.8, 4) is 0 Å². The van der Waals surface area contributed by atoms with Crippen LogP contribution in [-0.4, -0.2) is 33.2 Å². The number of hydrogen-bond acceptors (Lipinski definition) is 3. The van der Waals surface area contributed by atoms with Crippen molar-refractivity contribution in [3.05, 3.63) is 89.7 Å². The zero-order valence-electron chi connectivity index (χ0n) is 17.6. The van der Waals surface area contributed by atoms with Gasteiger partial charge >= 0.3 is 0 Å². The van der Waals surface area contributed by atoms with Crippen molar-refractivity contribution >= 4 is 5.91 Å². The Morgan fingerprint density at radius 2 is 1.83 bits per heavy atom. The van der Waals surface area contributed by atoms with Gasteiger partial charge in [0.1, 0.15) is 0 Å². The van der Waals surface area contributed by atoms with E-state index in [-0.39, 0.29) is 5.91 Å². The van der Waals surface area contributed by atoms with Crippen molar-refractivity contribution in [3.63, 3.8) is 0 Å². The Kier molecular flexibility index (Phi) is 6.60. The molecule has 1 saturated heterocycles. The zero-order valence-corrected chi connectivity index (χ0v) is 17.6. The number of likely N-dealkylation sites (tertiary alicyclic amines) is 1. The van der Waals surface area contributed by atoms with Gasteiger partial charge in [-0.1, -0.05) is 61.0 Å². The number of aromatic nitrogens is 2. The third-order valence-electron chi connectivity index (χ3n) is 6.04. The van der Waals surface area contributed by atoms with Gasteiger partial charge < -0.3 is 5.32 Å². The summed E-state index contributed by atoms with van der Waals surface area (Å²) in [5.41, 5.74) is 3.40. The highest BCUT2D eigenvalue weighted by molar-refractivity contribution is 5.83. The molecule has 2 atom stereocenters. The summed E-state index contributed by atoms with van der Waals surface area (Å²) >= 11 is 0. The quantitative estimate of drug-likeness (QED) is 0.645. The van der Waals surface area contributed by atoms with Crippen molar-refractivity contribution in [1.29, 1.82) is 0 Å². The van der Waals surface area contributed by atoms with E-state index in [1.165, 1.54) is 30.4 Å². The summed E-state index contributed by atoms with van der Waals surface area (Å²) in [5, 5.41) is 7.48. The molecule has 1 N–H and O–H groups in total. The van der Waals surface area contributed by atoms with Crippen LogP contribution in [0.5, 0.6) is 0 Å². The van der Waals surface area contributed by atoms with Crippen LogP contribution in [0.4, 0.5) is 0 Å². The standard InChI is InChI=1S/C25H30N4O/c1-20-10-7-8-16-28(20)19-23-14-6-5-13-22(23)18-26-25(30)24(29-17-9-15-27-29)21-11-3-2-4-12-21/h2-6,9,11-15,17,20,24H,7-8,10,16,18-19H2,1H3,(H,26,30). The Hall–Kier alpha value is -2.92. The average molecular weight is 403 g/mol. The van der Waals surface area contributed by atoms with Gasteiger partial charge in [-0.3, -0.25) is 14.4 Å². The lowest BCUT2D eigenvalue weighted by Gasteiger charge is -2.33. The second-order valence-electron chi connectivity index (χ2n) is 8.10. The number of nitrogens with zero attached hydrogens (tertiary/aromatic N) is 3. The lowest BCUT2D eigenvalue weighted by atomic mass is 10.0. The van der Waals surface area contributed by atoms with Gasteiger partial charge in [0.05, 0.1) is 0 Å². The van der Waals surface area contributed by atoms with E-state index in [1.54, 1.807) is 10.9 Å². The van der Waals surface area contributed by atoms with Crippen molar-refractivity contribution in [2.45, 2.75) is 51.4 Å². The van der Waals surface area contributed by atoms with Crippen LogP contribution in [0.25, 0.3) is 0 Å². The lowest BCUT2D eigenvalue weighted by molar-refractivity contribution is -0.123. The van der Waals surface area contributed by atoms with Crippen molar-refractivity contribution in [1.82, 2.24) is 20.0 Å². The highest BCUT2D eigenvalue weighted by atomic mass is 16.2. The maximum Gasteiger partial charge on any atom is 0.249 e. The van der Waals surface area contributed by atoms with Crippen LogP contribution in [0.15, 0.2) is 73.1 Å². The van der Waals surface area contributed by atoms with E-state index in [0.717, 1.165) is 18.7 Å². The number of piperidine rings is 1. The molecule has 1 amide bonds. The number of nitrogens with one attached hydrogen (secondary N) is 1. The van der Waals surface area contributed by atoms with Crippen molar-refractivity contribution in [2.24, 2.45) is 0 Å². The third-order valence-corrected chi connectivity index (χ3v) is 6.04. The topological polar surface area (TPSA) is 50.2 Å². The highest BCUT2D eigenvalue weighted by Gasteiger charge is 2.23. The predicted molar refractivity (Wildman–Crippen MR) is 119 cm³/mol. The molecule has 2 aromatic carbocycles. The lowest BCUT2D eigenvalue weighted by Crippen LogP contribution is -2.37. The Morgan fingerprint density at radius 1 is 1.07 bits per heavy atom.